The summed E-state index contributed by atoms with van der Waals surface area (Å²) in [6, 6.07) is -0.584. The van der Waals surface area contributed by atoms with Gasteiger partial charge in [0.2, 0.25) is 0 Å². The quantitative estimate of drug-likeness (QED) is 0.808. The Morgan fingerprint density at radius 3 is 2.71 bits per heavy atom. The molecule has 0 saturated carbocycles. The van der Waals surface area contributed by atoms with Crippen molar-refractivity contribution in [3.63, 3.8) is 0 Å². The van der Waals surface area contributed by atoms with Crippen LogP contribution in [0.5, 0.6) is 0 Å². The number of aromatic nitrogens is 2. The number of esters is 1. The number of thiophene rings is 1. The van der Waals surface area contributed by atoms with Gasteiger partial charge in [-0.1, -0.05) is 0 Å². The average Bonchev–Trinajstić information content (AvgIpc) is 2.77. The van der Waals surface area contributed by atoms with E-state index in [1.54, 1.807) is 20.8 Å². The molecule has 7 heteroatoms. The monoisotopic (exact) mass is 308 g/mol. The lowest BCUT2D eigenvalue weighted by molar-refractivity contribution is -0.119. The molecule has 0 radical (unpaired) electrons. The minimum Gasteiger partial charge on any atom is -0.462 e. The molecular weight excluding hydrogens is 292 g/mol. The molecule has 0 fully saturated rings. The molecule has 2 heterocycles. The molecule has 112 valence electrons. The summed E-state index contributed by atoms with van der Waals surface area (Å²) < 4.78 is 6.27. The highest BCUT2D eigenvalue weighted by atomic mass is 32.1. The molecule has 1 atom stereocenters. The second kappa shape index (κ2) is 5.77. The van der Waals surface area contributed by atoms with Crippen molar-refractivity contribution in [2.75, 3.05) is 6.61 Å². The fourth-order valence-corrected chi connectivity index (χ4v) is 3.03. The first-order valence-corrected chi connectivity index (χ1v) is 7.37. The van der Waals surface area contributed by atoms with Gasteiger partial charge in [-0.3, -0.25) is 14.2 Å². The van der Waals surface area contributed by atoms with Crippen molar-refractivity contribution < 1.29 is 14.3 Å². The van der Waals surface area contributed by atoms with Crippen LogP contribution in [0.1, 0.15) is 42.0 Å². The SMILES string of the molecule is CCOC(=O)c1sc2ncn(C(C)C(C)=O)c(=O)c2c1C. The number of ether oxygens (including phenoxy) is 1. The van der Waals surface area contributed by atoms with E-state index in [1.165, 1.54) is 17.8 Å². The van der Waals surface area contributed by atoms with Gasteiger partial charge in [0.15, 0.2) is 5.78 Å². The van der Waals surface area contributed by atoms with Crippen molar-refractivity contribution in [1.29, 1.82) is 0 Å². The van der Waals surface area contributed by atoms with E-state index in [9.17, 15) is 14.4 Å². The summed E-state index contributed by atoms with van der Waals surface area (Å²) in [4.78, 5) is 40.9. The highest BCUT2D eigenvalue weighted by Crippen LogP contribution is 2.27. The summed E-state index contributed by atoms with van der Waals surface area (Å²) in [6.45, 7) is 6.75. The van der Waals surface area contributed by atoms with E-state index in [4.69, 9.17) is 4.74 Å². The molecule has 2 aromatic heterocycles. The summed E-state index contributed by atoms with van der Waals surface area (Å²) in [5.41, 5.74) is 0.239. The summed E-state index contributed by atoms with van der Waals surface area (Å²) in [5.74, 6) is -0.583. The number of hydrogen-bond acceptors (Lipinski definition) is 6. The second-order valence-corrected chi connectivity index (χ2v) is 5.70. The Bertz CT molecular complexity index is 775. The lowest BCUT2D eigenvalue weighted by Crippen LogP contribution is -2.27. The number of fused-ring (bicyclic) bond motifs is 1. The highest BCUT2D eigenvalue weighted by Gasteiger charge is 2.22. The van der Waals surface area contributed by atoms with E-state index >= 15 is 0 Å². The van der Waals surface area contributed by atoms with Gasteiger partial charge in [0, 0.05) is 0 Å². The average molecular weight is 308 g/mol. The number of Topliss-reactive ketones (excluding diaryl/α,β-unsaturated/α-hetero) is 1. The van der Waals surface area contributed by atoms with E-state index in [1.807, 2.05) is 0 Å². The van der Waals surface area contributed by atoms with Gasteiger partial charge < -0.3 is 4.74 Å². The van der Waals surface area contributed by atoms with Crippen LogP contribution in [0.2, 0.25) is 0 Å². The van der Waals surface area contributed by atoms with Gasteiger partial charge in [0.05, 0.1) is 24.4 Å². The number of rotatable bonds is 4. The number of nitrogens with zero attached hydrogens (tertiary/aromatic N) is 2. The van der Waals surface area contributed by atoms with Gasteiger partial charge in [-0.2, -0.15) is 0 Å². The molecule has 21 heavy (non-hydrogen) atoms. The Labute approximate surface area is 125 Å². The second-order valence-electron chi connectivity index (χ2n) is 4.70. The van der Waals surface area contributed by atoms with Crippen molar-refractivity contribution in [3.05, 3.63) is 27.1 Å². The maximum Gasteiger partial charge on any atom is 0.348 e. The maximum atomic E-state index is 12.5. The Balaban J connectivity index is 2.66. The van der Waals surface area contributed by atoms with Crippen LogP contribution in [0.4, 0.5) is 0 Å². The molecule has 6 nitrogen and oxygen atoms in total. The molecule has 0 aromatic carbocycles. The summed E-state index contributed by atoms with van der Waals surface area (Å²) in [5, 5.41) is 0.374. The molecule has 0 N–H and O–H groups in total. The lowest BCUT2D eigenvalue weighted by Gasteiger charge is -2.10. The van der Waals surface area contributed by atoms with Crippen molar-refractivity contribution in [2.45, 2.75) is 33.7 Å². The first-order valence-electron chi connectivity index (χ1n) is 6.56. The number of carbonyl (C=O) groups is 2. The van der Waals surface area contributed by atoms with Crippen molar-refractivity contribution >= 4 is 33.3 Å². The molecule has 0 amide bonds. The van der Waals surface area contributed by atoms with E-state index in [0.717, 1.165) is 11.3 Å². The number of hydrogen-bond donors (Lipinski definition) is 0. The minimum absolute atomic E-state index is 0.128. The number of ketones is 1. The largest absolute Gasteiger partial charge is 0.462 e. The van der Waals surface area contributed by atoms with Gasteiger partial charge in [-0.25, -0.2) is 9.78 Å². The van der Waals surface area contributed by atoms with Crippen LogP contribution in [0, 0.1) is 6.92 Å². The Hall–Kier alpha value is -2.02. The molecule has 0 saturated heterocycles. The van der Waals surface area contributed by atoms with E-state index in [-0.39, 0.29) is 17.9 Å². The first-order chi connectivity index (χ1) is 9.88. The normalized spacial score (nSPS) is 12.4. The molecule has 0 aliphatic carbocycles. The minimum atomic E-state index is -0.584. The molecule has 1 unspecified atom stereocenters. The van der Waals surface area contributed by atoms with Crippen molar-refractivity contribution in [2.24, 2.45) is 0 Å². The van der Waals surface area contributed by atoms with Gasteiger partial charge in [0.25, 0.3) is 5.56 Å². The highest BCUT2D eigenvalue weighted by molar-refractivity contribution is 7.20. The summed E-state index contributed by atoms with van der Waals surface area (Å²) in [6.07, 6.45) is 1.35. The van der Waals surface area contributed by atoms with Crippen LogP contribution in [0.15, 0.2) is 11.1 Å². The van der Waals surface area contributed by atoms with Gasteiger partial charge in [0.1, 0.15) is 9.71 Å². The van der Waals surface area contributed by atoms with Gasteiger partial charge in [-0.15, -0.1) is 11.3 Å². The predicted molar refractivity (Wildman–Crippen MR) is 80.0 cm³/mol. The number of aryl methyl sites for hydroxylation is 1. The molecule has 0 aliphatic heterocycles. The van der Waals surface area contributed by atoms with Crippen LogP contribution >= 0.6 is 11.3 Å². The third-order valence-electron chi connectivity index (χ3n) is 3.34. The Kier molecular flexibility index (Phi) is 4.22. The summed E-state index contributed by atoms with van der Waals surface area (Å²) >= 11 is 1.13. The van der Waals surface area contributed by atoms with E-state index < -0.39 is 12.0 Å². The zero-order valence-corrected chi connectivity index (χ0v) is 13.1. The van der Waals surface area contributed by atoms with Crippen LogP contribution in [0.3, 0.4) is 0 Å². The topological polar surface area (TPSA) is 78.3 Å². The molecular formula is C14H16N2O4S. The molecule has 0 aliphatic rings. The summed E-state index contributed by atoms with van der Waals surface area (Å²) in [7, 11) is 0. The molecule has 2 rings (SSSR count). The van der Waals surface area contributed by atoms with Gasteiger partial charge in [-0.05, 0) is 33.3 Å². The lowest BCUT2D eigenvalue weighted by atomic mass is 10.2. The molecule has 0 spiro atoms. The van der Waals surface area contributed by atoms with Crippen LogP contribution in [-0.2, 0) is 9.53 Å². The molecule has 2 aromatic rings. The van der Waals surface area contributed by atoms with Crippen molar-refractivity contribution in [1.82, 2.24) is 9.55 Å². The fourth-order valence-electron chi connectivity index (χ4n) is 2.00. The maximum absolute atomic E-state index is 12.5. The zero-order valence-electron chi connectivity index (χ0n) is 12.3. The van der Waals surface area contributed by atoms with E-state index in [2.05, 4.69) is 4.98 Å². The standard InChI is InChI=1S/C14H16N2O4S/c1-5-20-14(19)11-7(2)10-12(21-11)15-6-16(13(10)18)8(3)9(4)17/h6,8H,5H2,1-4H3. The molecule has 0 bridgehead atoms. The Morgan fingerprint density at radius 2 is 2.14 bits per heavy atom. The van der Waals surface area contributed by atoms with Crippen molar-refractivity contribution in [3.8, 4) is 0 Å². The predicted octanol–water partition coefficient (Wildman–Crippen LogP) is 2.09. The third kappa shape index (κ3) is 2.61. The van der Waals surface area contributed by atoms with Crippen LogP contribution in [-0.4, -0.2) is 27.9 Å². The van der Waals surface area contributed by atoms with Gasteiger partial charge >= 0.3 is 5.97 Å². The van der Waals surface area contributed by atoms with Crippen LogP contribution < -0.4 is 5.56 Å². The smallest absolute Gasteiger partial charge is 0.348 e. The van der Waals surface area contributed by atoms with Crippen LogP contribution in [0.25, 0.3) is 10.2 Å². The number of carbonyl (C=O) groups excluding carboxylic acids is 2. The fraction of sp³-hybridized carbons (Fsp3) is 0.429. The zero-order chi connectivity index (χ0) is 15.7. The van der Waals surface area contributed by atoms with E-state index in [0.29, 0.717) is 20.7 Å². The Morgan fingerprint density at radius 1 is 1.48 bits per heavy atom. The third-order valence-corrected chi connectivity index (χ3v) is 4.52. The first kappa shape index (κ1) is 15.4.